The van der Waals surface area contributed by atoms with Crippen LogP contribution in [0.1, 0.15) is 46.5 Å². The van der Waals surface area contributed by atoms with E-state index in [0.29, 0.717) is 0 Å². The van der Waals surface area contributed by atoms with E-state index in [4.69, 9.17) is 0 Å². The van der Waals surface area contributed by atoms with Crippen LogP contribution in [0.3, 0.4) is 0 Å². The molecule has 0 spiro atoms. The van der Waals surface area contributed by atoms with Crippen molar-refractivity contribution in [2.24, 2.45) is 0 Å². The topological polar surface area (TPSA) is 0 Å². The lowest BCUT2D eigenvalue weighted by Gasteiger charge is -2.37. The van der Waals surface area contributed by atoms with Crippen LogP contribution in [0, 0.1) is 0 Å². The van der Waals surface area contributed by atoms with Gasteiger partial charge in [0, 0.05) is 0 Å². The Morgan fingerprint density at radius 2 is 1.54 bits per heavy atom. The highest BCUT2D eigenvalue weighted by Gasteiger charge is 2.24. The smallest absolute Gasteiger partial charge is 0.0883 e. The third-order valence-corrected chi connectivity index (χ3v) is 2.88. The average Bonchev–Trinajstić information content (AvgIpc) is 1.99. The van der Waals surface area contributed by atoms with Gasteiger partial charge in [-0.3, -0.25) is 0 Å². The van der Waals surface area contributed by atoms with E-state index in [0.717, 1.165) is 6.04 Å². The van der Waals surface area contributed by atoms with Crippen LogP contribution in [-0.2, 0) is 0 Å². The van der Waals surface area contributed by atoms with Gasteiger partial charge < -0.3 is 16.9 Å². The van der Waals surface area contributed by atoms with Gasteiger partial charge in [-0.25, -0.2) is 0 Å². The van der Waals surface area contributed by atoms with Crippen molar-refractivity contribution in [3.05, 3.63) is 0 Å². The molecule has 2 heteroatoms. The van der Waals surface area contributed by atoms with Crippen LogP contribution in [0.5, 0.6) is 0 Å². The lowest BCUT2D eigenvalue weighted by atomic mass is 10.1. The molecule has 0 saturated heterocycles. The Hall–Kier alpha value is 0.250. The first kappa shape index (κ1) is 15.7. The summed E-state index contributed by atoms with van der Waals surface area (Å²) in [7, 11) is 4.74. The predicted molar refractivity (Wildman–Crippen MR) is 56.3 cm³/mol. The molecule has 1 nitrogen and oxygen atoms in total. The molecule has 13 heavy (non-hydrogen) atoms. The van der Waals surface area contributed by atoms with E-state index in [9.17, 15) is 0 Å². The zero-order chi connectivity index (χ0) is 9.61. The van der Waals surface area contributed by atoms with Crippen LogP contribution in [0.15, 0.2) is 0 Å². The van der Waals surface area contributed by atoms with Gasteiger partial charge in [0.25, 0.3) is 0 Å². The summed E-state index contributed by atoms with van der Waals surface area (Å²) in [6, 6.07) is 0.870. The minimum Gasteiger partial charge on any atom is -1.00 e. The summed E-state index contributed by atoms with van der Waals surface area (Å²) in [5.41, 5.74) is 0. The Bertz CT molecular complexity index is 113. The second kappa shape index (κ2) is 7.64. The molecule has 0 saturated carbocycles. The van der Waals surface area contributed by atoms with Crippen molar-refractivity contribution >= 4 is 0 Å². The molecule has 1 unspecified atom stereocenters. The normalized spacial score (nSPS) is 13.6. The molecule has 0 aliphatic carbocycles. The van der Waals surface area contributed by atoms with Crippen LogP contribution >= 0.6 is 0 Å². The van der Waals surface area contributed by atoms with Gasteiger partial charge in [0.1, 0.15) is 0 Å². The lowest BCUT2D eigenvalue weighted by molar-refractivity contribution is -0.915. The molecule has 0 aliphatic heterocycles. The predicted octanol–water partition coefficient (Wildman–Crippen LogP) is 0.0555. The third-order valence-electron chi connectivity index (χ3n) is 2.88. The second-order valence-corrected chi connectivity index (χ2v) is 4.35. The van der Waals surface area contributed by atoms with Crippen molar-refractivity contribution in [3.63, 3.8) is 0 Å². The van der Waals surface area contributed by atoms with Gasteiger partial charge in [-0.2, -0.15) is 0 Å². The summed E-state index contributed by atoms with van der Waals surface area (Å²) in [5, 5.41) is 0. The van der Waals surface area contributed by atoms with Gasteiger partial charge >= 0.3 is 0 Å². The van der Waals surface area contributed by atoms with E-state index in [2.05, 4.69) is 34.9 Å². The summed E-state index contributed by atoms with van der Waals surface area (Å²) < 4.78 is 1.21. The number of hydrogen-bond acceptors (Lipinski definition) is 0. The zero-order valence-electron chi connectivity index (χ0n) is 9.94. The first-order chi connectivity index (χ1) is 5.58. The number of nitrogens with zero attached hydrogens (tertiary/aromatic N) is 1. The van der Waals surface area contributed by atoms with E-state index < -0.39 is 0 Å². The van der Waals surface area contributed by atoms with Crippen molar-refractivity contribution < 1.29 is 16.9 Å². The van der Waals surface area contributed by atoms with Crippen LogP contribution in [-0.4, -0.2) is 31.2 Å². The molecule has 0 radical (unpaired) electrons. The molecule has 0 amide bonds. The molecular weight excluding hydrogens is 182 g/mol. The molecular formula is C11H26ClN. The number of quaternary nitrogens is 1. The molecule has 0 aliphatic rings. The monoisotopic (exact) mass is 207 g/mol. The van der Waals surface area contributed by atoms with Crippen LogP contribution in [0.2, 0.25) is 0 Å². The van der Waals surface area contributed by atoms with Crippen molar-refractivity contribution in [1.82, 2.24) is 0 Å². The van der Waals surface area contributed by atoms with Gasteiger partial charge in [0.05, 0.1) is 26.7 Å². The Morgan fingerprint density at radius 3 is 1.85 bits per heavy atom. The Kier molecular flexibility index (Phi) is 9.23. The van der Waals surface area contributed by atoms with Gasteiger partial charge in [-0.15, -0.1) is 0 Å². The van der Waals surface area contributed by atoms with E-state index >= 15 is 0 Å². The van der Waals surface area contributed by atoms with Gasteiger partial charge in [0.2, 0.25) is 0 Å². The molecule has 0 aromatic heterocycles. The fourth-order valence-electron chi connectivity index (χ4n) is 2.14. The second-order valence-electron chi connectivity index (χ2n) is 4.35. The molecule has 0 rings (SSSR count). The molecule has 0 fully saturated rings. The SMILES string of the molecule is CCCC(CC)[N+](C)(C)CCC.[Cl-]. The van der Waals surface area contributed by atoms with E-state index in [1.807, 2.05) is 0 Å². The quantitative estimate of drug-likeness (QED) is 0.541. The highest BCUT2D eigenvalue weighted by Crippen LogP contribution is 2.16. The average molecular weight is 208 g/mol. The summed E-state index contributed by atoms with van der Waals surface area (Å²) >= 11 is 0. The van der Waals surface area contributed by atoms with Gasteiger partial charge in [-0.1, -0.05) is 27.2 Å². The van der Waals surface area contributed by atoms with E-state index in [1.54, 1.807) is 0 Å². The highest BCUT2D eigenvalue weighted by atomic mass is 35.5. The summed E-state index contributed by atoms with van der Waals surface area (Å²) in [4.78, 5) is 0. The summed E-state index contributed by atoms with van der Waals surface area (Å²) in [6.07, 6.45) is 5.32. The first-order valence-corrected chi connectivity index (χ1v) is 5.41. The molecule has 1 atom stereocenters. The van der Waals surface area contributed by atoms with Crippen molar-refractivity contribution in [1.29, 1.82) is 0 Å². The van der Waals surface area contributed by atoms with E-state index in [1.165, 1.54) is 36.7 Å². The van der Waals surface area contributed by atoms with Crippen LogP contribution in [0.4, 0.5) is 0 Å². The third kappa shape index (κ3) is 5.53. The van der Waals surface area contributed by atoms with E-state index in [-0.39, 0.29) is 12.4 Å². The standard InChI is InChI=1S/C11H26N.ClH/c1-6-9-11(8-3)12(4,5)10-7-2;/h11H,6-10H2,1-5H3;1H/q+1;/p-1. The Morgan fingerprint density at radius 1 is 1.00 bits per heavy atom. The molecule has 0 aromatic rings. The number of hydrogen-bond donors (Lipinski definition) is 0. The molecule has 0 N–H and O–H groups in total. The number of rotatable bonds is 6. The summed E-state index contributed by atoms with van der Waals surface area (Å²) in [6.45, 7) is 8.20. The zero-order valence-corrected chi connectivity index (χ0v) is 10.7. The summed E-state index contributed by atoms with van der Waals surface area (Å²) in [5.74, 6) is 0. The maximum Gasteiger partial charge on any atom is 0.0883 e. The molecule has 0 aromatic carbocycles. The number of halogens is 1. The Labute approximate surface area is 90.5 Å². The Balaban J connectivity index is 0. The van der Waals surface area contributed by atoms with Gasteiger partial charge in [-0.05, 0) is 19.3 Å². The maximum absolute atomic E-state index is 2.37. The fourth-order valence-corrected chi connectivity index (χ4v) is 2.14. The minimum absolute atomic E-state index is 0. The molecule has 0 heterocycles. The maximum atomic E-state index is 2.37. The first-order valence-electron chi connectivity index (χ1n) is 5.41. The van der Waals surface area contributed by atoms with Crippen LogP contribution in [0.25, 0.3) is 0 Å². The van der Waals surface area contributed by atoms with Gasteiger partial charge in [0.15, 0.2) is 0 Å². The fraction of sp³-hybridized carbons (Fsp3) is 1.00. The minimum atomic E-state index is 0. The van der Waals surface area contributed by atoms with Crippen molar-refractivity contribution in [2.45, 2.75) is 52.5 Å². The van der Waals surface area contributed by atoms with Crippen molar-refractivity contribution in [3.8, 4) is 0 Å². The highest BCUT2D eigenvalue weighted by molar-refractivity contribution is 4.54. The lowest BCUT2D eigenvalue weighted by Crippen LogP contribution is -3.00. The molecule has 82 valence electrons. The molecule has 0 bridgehead atoms. The largest absolute Gasteiger partial charge is 1.00 e. The van der Waals surface area contributed by atoms with Crippen LogP contribution < -0.4 is 12.4 Å². The van der Waals surface area contributed by atoms with Crippen molar-refractivity contribution in [2.75, 3.05) is 20.6 Å².